The van der Waals surface area contributed by atoms with Crippen LogP contribution in [0.25, 0.3) is 4.85 Å². The van der Waals surface area contributed by atoms with E-state index < -0.39 is 0 Å². The van der Waals surface area contributed by atoms with Gasteiger partial charge >= 0.3 is 0 Å². The van der Waals surface area contributed by atoms with Crippen molar-refractivity contribution in [2.75, 3.05) is 32.6 Å². The van der Waals surface area contributed by atoms with Crippen LogP contribution in [0.15, 0.2) is 11.2 Å². The van der Waals surface area contributed by atoms with Gasteiger partial charge in [-0.3, -0.25) is 0 Å². The summed E-state index contributed by atoms with van der Waals surface area (Å²) >= 11 is 1.62. The normalized spacial score (nSPS) is 19.0. The molecule has 0 atom stereocenters. The highest BCUT2D eigenvalue weighted by molar-refractivity contribution is 8.02. The van der Waals surface area contributed by atoms with Gasteiger partial charge in [-0.1, -0.05) is 0 Å². The lowest BCUT2D eigenvalue weighted by Gasteiger charge is -2.29. The van der Waals surface area contributed by atoms with Gasteiger partial charge in [0.1, 0.15) is 0 Å². The molecule has 66 valence electrons. The molecule has 1 aliphatic heterocycles. The first-order chi connectivity index (χ1) is 5.88. The zero-order valence-electron chi connectivity index (χ0n) is 7.12. The smallest absolute Gasteiger partial charge is 0.183 e. The summed E-state index contributed by atoms with van der Waals surface area (Å²) in [5, 5.41) is 1.05. The molecule has 1 aliphatic rings. The van der Waals surface area contributed by atoms with E-state index in [1.165, 1.54) is 0 Å². The van der Waals surface area contributed by atoms with Gasteiger partial charge in [-0.15, -0.1) is 11.8 Å². The second-order valence-electron chi connectivity index (χ2n) is 2.40. The number of ether oxygens (including phenoxy) is 1. The summed E-state index contributed by atoms with van der Waals surface area (Å²) in [7, 11) is 0. The SMILES string of the molecule is [C-]#[N+]C=C(SC)N1CCOCC1. The van der Waals surface area contributed by atoms with Crippen molar-refractivity contribution in [1.82, 2.24) is 4.90 Å². The van der Waals surface area contributed by atoms with Crippen molar-refractivity contribution in [1.29, 1.82) is 0 Å². The molecule has 0 N–H and O–H groups in total. The molecule has 1 rings (SSSR count). The third kappa shape index (κ3) is 2.43. The summed E-state index contributed by atoms with van der Waals surface area (Å²) in [5.74, 6) is 0. The maximum absolute atomic E-state index is 6.73. The van der Waals surface area contributed by atoms with Gasteiger partial charge < -0.3 is 9.64 Å². The summed E-state index contributed by atoms with van der Waals surface area (Å²) in [6, 6.07) is 0. The number of morpholine rings is 1. The highest BCUT2D eigenvalue weighted by atomic mass is 32.2. The van der Waals surface area contributed by atoms with E-state index in [-0.39, 0.29) is 0 Å². The van der Waals surface area contributed by atoms with Gasteiger partial charge in [0.2, 0.25) is 0 Å². The van der Waals surface area contributed by atoms with Crippen LogP contribution in [0, 0.1) is 6.57 Å². The predicted octanol–water partition coefficient (Wildman–Crippen LogP) is 1.40. The molecule has 0 aromatic heterocycles. The van der Waals surface area contributed by atoms with Gasteiger partial charge in [0.25, 0.3) is 0 Å². The Morgan fingerprint density at radius 1 is 1.58 bits per heavy atom. The summed E-state index contributed by atoms with van der Waals surface area (Å²) in [4.78, 5) is 5.45. The monoisotopic (exact) mass is 184 g/mol. The Bertz CT molecular complexity index is 204. The lowest BCUT2D eigenvalue weighted by Crippen LogP contribution is -2.34. The van der Waals surface area contributed by atoms with Gasteiger partial charge in [-0.05, 0) is 6.26 Å². The van der Waals surface area contributed by atoms with Gasteiger partial charge in [-0.25, -0.2) is 4.85 Å². The second-order valence-corrected chi connectivity index (χ2v) is 3.23. The molecule has 0 amide bonds. The molecule has 0 radical (unpaired) electrons. The average Bonchev–Trinajstić information content (AvgIpc) is 2.15. The molecule has 0 saturated carbocycles. The fourth-order valence-electron chi connectivity index (χ4n) is 1.10. The van der Waals surface area contributed by atoms with Crippen molar-refractivity contribution in [2.24, 2.45) is 0 Å². The molecule has 4 heteroatoms. The molecule has 1 fully saturated rings. The minimum Gasteiger partial charge on any atom is -0.378 e. The maximum atomic E-state index is 6.73. The second kappa shape index (κ2) is 5.07. The third-order valence-electron chi connectivity index (χ3n) is 1.71. The molecular formula is C8H12N2OS. The number of nitrogens with zero attached hydrogens (tertiary/aromatic N) is 2. The van der Waals surface area contributed by atoms with Crippen LogP contribution >= 0.6 is 11.8 Å². The van der Waals surface area contributed by atoms with Crippen LogP contribution in [0.1, 0.15) is 0 Å². The Kier molecular flexibility index (Phi) is 3.98. The lowest BCUT2D eigenvalue weighted by molar-refractivity contribution is 0.0577. The van der Waals surface area contributed by atoms with E-state index in [4.69, 9.17) is 11.3 Å². The number of hydrogen-bond acceptors (Lipinski definition) is 3. The number of rotatable bonds is 2. The molecule has 12 heavy (non-hydrogen) atoms. The van der Waals surface area contributed by atoms with Crippen LogP contribution in [0.4, 0.5) is 0 Å². The molecule has 0 aromatic carbocycles. The Balaban J connectivity index is 2.53. The van der Waals surface area contributed by atoms with Crippen molar-refractivity contribution in [3.8, 4) is 0 Å². The van der Waals surface area contributed by atoms with E-state index in [2.05, 4.69) is 9.74 Å². The van der Waals surface area contributed by atoms with Crippen molar-refractivity contribution in [3.63, 3.8) is 0 Å². The van der Waals surface area contributed by atoms with E-state index in [0.29, 0.717) is 0 Å². The minimum atomic E-state index is 0.774. The van der Waals surface area contributed by atoms with Gasteiger partial charge in [0.05, 0.1) is 24.8 Å². The van der Waals surface area contributed by atoms with Gasteiger partial charge in [-0.2, -0.15) is 0 Å². The molecule has 1 heterocycles. The zero-order valence-corrected chi connectivity index (χ0v) is 7.93. The maximum Gasteiger partial charge on any atom is 0.183 e. The molecule has 3 nitrogen and oxygen atoms in total. The lowest BCUT2D eigenvalue weighted by atomic mass is 10.4. The van der Waals surface area contributed by atoms with Crippen LogP contribution in [0.3, 0.4) is 0 Å². The van der Waals surface area contributed by atoms with E-state index >= 15 is 0 Å². The molecular weight excluding hydrogens is 172 g/mol. The Labute approximate surface area is 77.2 Å². The fourth-order valence-corrected chi connectivity index (χ4v) is 1.70. The Morgan fingerprint density at radius 3 is 2.75 bits per heavy atom. The van der Waals surface area contributed by atoms with Crippen molar-refractivity contribution in [2.45, 2.75) is 0 Å². The van der Waals surface area contributed by atoms with Crippen LogP contribution in [0.5, 0.6) is 0 Å². The van der Waals surface area contributed by atoms with E-state index in [1.54, 1.807) is 18.0 Å². The van der Waals surface area contributed by atoms with Crippen LogP contribution in [-0.4, -0.2) is 37.5 Å². The van der Waals surface area contributed by atoms with Crippen molar-refractivity contribution < 1.29 is 4.74 Å². The standard InChI is InChI=1S/C8H12N2OS/c1-9-7-8(12-2)10-3-5-11-6-4-10/h7H,3-6H2,2H3. The molecule has 0 aromatic rings. The van der Waals surface area contributed by atoms with Crippen LogP contribution in [0.2, 0.25) is 0 Å². The first-order valence-corrected chi connectivity index (χ1v) is 5.04. The van der Waals surface area contributed by atoms with E-state index in [0.717, 1.165) is 31.3 Å². The minimum absolute atomic E-state index is 0.774. The summed E-state index contributed by atoms with van der Waals surface area (Å²) < 4.78 is 5.22. The zero-order chi connectivity index (χ0) is 8.81. The highest BCUT2D eigenvalue weighted by Gasteiger charge is 2.11. The largest absolute Gasteiger partial charge is 0.378 e. The average molecular weight is 184 g/mol. The first-order valence-electron chi connectivity index (χ1n) is 3.82. The topological polar surface area (TPSA) is 16.8 Å². The summed E-state index contributed by atoms with van der Waals surface area (Å²) in [6.45, 7) is 10.1. The van der Waals surface area contributed by atoms with Crippen molar-refractivity contribution in [3.05, 3.63) is 22.6 Å². The molecule has 0 aliphatic carbocycles. The van der Waals surface area contributed by atoms with Crippen molar-refractivity contribution >= 4 is 11.8 Å². The Morgan fingerprint density at radius 2 is 2.25 bits per heavy atom. The highest BCUT2D eigenvalue weighted by Crippen LogP contribution is 2.18. The quantitative estimate of drug-likeness (QED) is 0.604. The third-order valence-corrected chi connectivity index (χ3v) is 2.49. The van der Waals surface area contributed by atoms with Crippen LogP contribution in [-0.2, 0) is 4.74 Å². The molecule has 1 saturated heterocycles. The molecule has 0 bridgehead atoms. The van der Waals surface area contributed by atoms with Crippen LogP contribution < -0.4 is 0 Å². The molecule has 0 spiro atoms. The first kappa shape index (κ1) is 9.43. The summed E-state index contributed by atoms with van der Waals surface area (Å²) in [6.07, 6.45) is 3.57. The predicted molar refractivity (Wildman–Crippen MR) is 50.6 cm³/mol. The number of thioether (sulfide) groups is 1. The number of hydrogen-bond donors (Lipinski definition) is 0. The fraction of sp³-hybridized carbons (Fsp3) is 0.625. The van der Waals surface area contributed by atoms with Gasteiger partial charge in [0, 0.05) is 13.1 Å². The van der Waals surface area contributed by atoms with E-state index in [9.17, 15) is 0 Å². The summed E-state index contributed by atoms with van der Waals surface area (Å²) in [5.41, 5.74) is 0. The van der Waals surface area contributed by atoms with E-state index in [1.807, 2.05) is 6.26 Å². The molecule has 0 unspecified atom stereocenters. The Hall–Kier alpha value is -0.660. The van der Waals surface area contributed by atoms with Gasteiger partial charge in [0.15, 0.2) is 6.20 Å².